The fraction of sp³-hybridized carbons (Fsp3) is 0.0370. The third-order valence-electron chi connectivity index (χ3n) is 6.28. The Hall–Kier alpha value is -3.16. The van der Waals surface area contributed by atoms with Crippen LogP contribution in [0.4, 0.5) is 0 Å². The van der Waals surface area contributed by atoms with Gasteiger partial charge < -0.3 is 0 Å². The Labute approximate surface area is 166 Å². The minimum Gasteiger partial charge on any atom is -0.135 e. The van der Waals surface area contributed by atoms with Gasteiger partial charge in [0.25, 0.3) is 0 Å². The number of thiophene rings is 1. The molecular weight excluding hydrogens is 356 g/mol. The van der Waals surface area contributed by atoms with Gasteiger partial charge in [0, 0.05) is 20.2 Å². The molecule has 0 radical (unpaired) electrons. The summed E-state index contributed by atoms with van der Waals surface area (Å²) in [5, 5.41) is 8.26. The summed E-state index contributed by atoms with van der Waals surface area (Å²) in [5.41, 5.74) is 5.79. The lowest BCUT2D eigenvalue weighted by molar-refractivity contribution is 1.29. The number of hydrogen-bond acceptors (Lipinski definition) is 1. The van der Waals surface area contributed by atoms with E-state index in [0.717, 1.165) is 6.42 Å². The van der Waals surface area contributed by atoms with E-state index in [0.29, 0.717) is 0 Å². The molecule has 1 heteroatoms. The van der Waals surface area contributed by atoms with Crippen LogP contribution in [0.25, 0.3) is 52.8 Å². The molecular formula is C27H16S. The van der Waals surface area contributed by atoms with Gasteiger partial charge in [0.15, 0.2) is 0 Å². The maximum absolute atomic E-state index is 2.46. The van der Waals surface area contributed by atoms with Crippen molar-refractivity contribution in [3.63, 3.8) is 0 Å². The number of benzene rings is 5. The highest BCUT2D eigenvalue weighted by Crippen LogP contribution is 2.46. The molecule has 1 aliphatic rings. The molecule has 1 aromatic heterocycles. The second-order valence-corrected chi connectivity index (χ2v) is 8.84. The standard InChI is InChI=1S/C27H16S/c1-3-7-19-16(5-1)9-11-21-22-15-26-24(14-18(22)13-23(19)21)27-20-8-4-2-6-17(20)10-12-25(27)28-26/h1-12,14-15H,13H2. The molecule has 0 saturated carbocycles. The van der Waals surface area contributed by atoms with Crippen LogP contribution in [0.3, 0.4) is 0 Å². The third kappa shape index (κ3) is 1.85. The van der Waals surface area contributed by atoms with Crippen LogP contribution >= 0.6 is 11.3 Å². The molecule has 5 aromatic carbocycles. The van der Waals surface area contributed by atoms with Crippen LogP contribution < -0.4 is 0 Å². The van der Waals surface area contributed by atoms with Crippen LogP contribution in [-0.2, 0) is 6.42 Å². The minimum atomic E-state index is 1.03. The highest BCUT2D eigenvalue weighted by atomic mass is 32.1. The fourth-order valence-electron chi connectivity index (χ4n) is 5.00. The van der Waals surface area contributed by atoms with E-state index in [9.17, 15) is 0 Å². The summed E-state index contributed by atoms with van der Waals surface area (Å²) >= 11 is 1.92. The first-order valence-electron chi connectivity index (χ1n) is 9.75. The average Bonchev–Trinajstić information content (AvgIpc) is 3.29. The molecule has 130 valence electrons. The van der Waals surface area contributed by atoms with Gasteiger partial charge in [0.2, 0.25) is 0 Å². The zero-order valence-corrected chi connectivity index (χ0v) is 16.0. The van der Waals surface area contributed by atoms with Gasteiger partial charge in [-0.25, -0.2) is 0 Å². The zero-order valence-electron chi connectivity index (χ0n) is 15.2. The van der Waals surface area contributed by atoms with E-state index >= 15 is 0 Å². The lowest BCUT2D eigenvalue weighted by Crippen LogP contribution is -1.83. The van der Waals surface area contributed by atoms with E-state index in [1.54, 1.807) is 0 Å². The molecule has 0 unspecified atom stereocenters. The highest BCUT2D eigenvalue weighted by molar-refractivity contribution is 7.26. The number of hydrogen-bond donors (Lipinski definition) is 0. The summed E-state index contributed by atoms with van der Waals surface area (Å²) in [5.74, 6) is 0. The molecule has 0 atom stereocenters. The van der Waals surface area contributed by atoms with Gasteiger partial charge in [-0.3, -0.25) is 0 Å². The number of fused-ring (bicyclic) bond motifs is 10. The van der Waals surface area contributed by atoms with Crippen molar-refractivity contribution in [3.05, 3.63) is 96.1 Å². The molecule has 0 saturated heterocycles. The van der Waals surface area contributed by atoms with Gasteiger partial charge in [0.1, 0.15) is 0 Å². The van der Waals surface area contributed by atoms with Gasteiger partial charge in [-0.15, -0.1) is 11.3 Å². The van der Waals surface area contributed by atoms with E-state index in [2.05, 4.69) is 84.9 Å². The fourth-order valence-corrected chi connectivity index (χ4v) is 6.15. The second-order valence-electron chi connectivity index (χ2n) is 7.76. The summed E-state index contributed by atoms with van der Waals surface area (Å²) in [6, 6.07) is 31.6. The molecule has 1 aliphatic carbocycles. The topological polar surface area (TPSA) is 0 Å². The van der Waals surface area contributed by atoms with Crippen LogP contribution in [0.5, 0.6) is 0 Å². The first-order valence-corrected chi connectivity index (χ1v) is 10.6. The molecule has 0 N–H and O–H groups in total. The molecule has 7 rings (SSSR count). The van der Waals surface area contributed by atoms with Crippen LogP contribution in [-0.4, -0.2) is 0 Å². The van der Waals surface area contributed by atoms with Crippen LogP contribution in [0, 0.1) is 0 Å². The second kappa shape index (κ2) is 5.21. The molecule has 28 heavy (non-hydrogen) atoms. The van der Waals surface area contributed by atoms with Crippen molar-refractivity contribution in [3.8, 4) is 11.1 Å². The summed E-state index contributed by atoms with van der Waals surface area (Å²) in [7, 11) is 0. The maximum atomic E-state index is 2.46. The minimum absolute atomic E-state index is 1.03. The Morgan fingerprint density at radius 1 is 0.571 bits per heavy atom. The molecule has 0 amide bonds. The van der Waals surface area contributed by atoms with Crippen LogP contribution in [0.2, 0.25) is 0 Å². The van der Waals surface area contributed by atoms with Crippen LogP contribution in [0.15, 0.2) is 84.9 Å². The normalized spacial score (nSPS) is 12.9. The predicted molar refractivity (Wildman–Crippen MR) is 123 cm³/mol. The van der Waals surface area contributed by atoms with Crippen molar-refractivity contribution >= 4 is 53.1 Å². The smallest absolute Gasteiger partial charge is 0.0362 e. The molecule has 0 bridgehead atoms. The van der Waals surface area contributed by atoms with Crippen molar-refractivity contribution in [1.29, 1.82) is 0 Å². The monoisotopic (exact) mass is 372 g/mol. The lowest BCUT2D eigenvalue weighted by Gasteiger charge is -2.05. The van der Waals surface area contributed by atoms with Crippen molar-refractivity contribution < 1.29 is 0 Å². The Balaban J connectivity index is 1.57. The SMILES string of the molecule is c1ccc2c3c(ccc2c1)-c1cc2sc4ccc5ccccc5c4c2cc1C3. The lowest BCUT2D eigenvalue weighted by atomic mass is 9.99. The van der Waals surface area contributed by atoms with Crippen molar-refractivity contribution in [2.45, 2.75) is 6.42 Å². The molecule has 0 spiro atoms. The van der Waals surface area contributed by atoms with Gasteiger partial charge in [-0.2, -0.15) is 0 Å². The van der Waals surface area contributed by atoms with Crippen LogP contribution in [0.1, 0.15) is 11.1 Å². The summed E-state index contributed by atoms with van der Waals surface area (Å²) in [6.45, 7) is 0. The molecule has 6 aromatic rings. The Kier molecular flexibility index (Phi) is 2.76. The van der Waals surface area contributed by atoms with E-state index in [1.807, 2.05) is 11.3 Å². The van der Waals surface area contributed by atoms with Crippen molar-refractivity contribution in [2.75, 3.05) is 0 Å². The van der Waals surface area contributed by atoms with E-state index in [-0.39, 0.29) is 0 Å². The van der Waals surface area contributed by atoms with E-state index < -0.39 is 0 Å². The first kappa shape index (κ1) is 14.8. The largest absolute Gasteiger partial charge is 0.135 e. The molecule has 0 nitrogen and oxygen atoms in total. The summed E-state index contributed by atoms with van der Waals surface area (Å²) in [4.78, 5) is 0. The maximum Gasteiger partial charge on any atom is 0.0362 e. The Morgan fingerprint density at radius 3 is 2.21 bits per heavy atom. The highest BCUT2D eigenvalue weighted by Gasteiger charge is 2.22. The molecule has 0 aliphatic heterocycles. The molecule has 0 fully saturated rings. The van der Waals surface area contributed by atoms with Gasteiger partial charge >= 0.3 is 0 Å². The first-order chi connectivity index (χ1) is 13.9. The van der Waals surface area contributed by atoms with Crippen molar-refractivity contribution in [2.24, 2.45) is 0 Å². The quantitative estimate of drug-likeness (QED) is 0.253. The molecule has 1 heterocycles. The summed E-state index contributed by atoms with van der Waals surface area (Å²) < 4.78 is 2.78. The van der Waals surface area contributed by atoms with Gasteiger partial charge in [0.05, 0.1) is 0 Å². The zero-order chi connectivity index (χ0) is 18.2. The van der Waals surface area contributed by atoms with Gasteiger partial charge in [-0.1, -0.05) is 66.7 Å². The average molecular weight is 372 g/mol. The van der Waals surface area contributed by atoms with E-state index in [1.165, 1.54) is 64.0 Å². The Morgan fingerprint density at radius 2 is 1.32 bits per heavy atom. The van der Waals surface area contributed by atoms with Gasteiger partial charge in [-0.05, 0) is 68.4 Å². The summed E-state index contributed by atoms with van der Waals surface area (Å²) in [6.07, 6.45) is 1.03. The predicted octanol–water partition coefficient (Wildman–Crippen LogP) is 7.93. The third-order valence-corrected chi connectivity index (χ3v) is 7.40. The van der Waals surface area contributed by atoms with Crippen molar-refractivity contribution in [1.82, 2.24) is 0 Å². The number of rotatable bonds is 0. The Bertz CT molecular complexity index is 1580. The van der Waals surface area contributed by atoms with E-state index in [4.69, 9.17) is 0 Å².